The summed E-state index contributed by atoms with van der Waals surface area (Å²) in [4.78, 5) is 23.8. The van der Waals surface area contributed by atoms with Crippen LogP contribution in [-0.4, -0.2) is 70.5 Å². The SMILES string of the molecule is O=C(CCCCCC1SCC2NC(=O)NC21)NCCCCCOc1cccc(NCC(O)Cn2c3ccc(Br)cc3c3cc(Br)ccc32)c1. The van der Waals surface area contributed by atoms with Crippen LogP contribution in [0.4, 0.5) is 10.5 Å². The number of benzene rings is 3. The molecule has 2 saturated heterocycles. The van der Waals surface area contributed by atoms with Gasteiger partial charge in [-0.3, -0.25) is 4.79 Å². The van der Waals surface area contributed by atoms with Crippen LogP contribution in [0.2, 0.25) is 0 Å². The van der Waals surface area contributed by atoms with Crippen LogP contribution >= 0.6 is 43.6 Å². The second-order valence-corrected chi connectivity index (χ2v) is 16.1. The number of nitrogens with zero attached hydrogens (tertiary/aromatic N) is 1. The van der Waals surface area contributed by atoms with Gasteiger partial charge in [-0.15, -0.1) is 0 Å². The second kappa shape index (κ2) is 17.3. The van der Waals surface area contributed by atoms with E-state index >= 15 is 0 Å². The number of anilines is 1. The number of urea groups is 1. The molecule has 4 atom stereocenters. The highest BCUT2D eigenvalue weighted by molar-refractivity contribution is 9.10. The summed E-state index contributed by atoms with van der Waals surface area (Å²) in [7, 11) is 0. The molecule has 0 bridgehead atoms. The van der Waals surface area contributed by atoms with Gasteiger partial charge in [0, 0.05) is 73.0 Å². The Labute approximate surface area is 308 Å². The molecule has 12 heteroatoms. The molecule has 0 spiro atoms. The lowest BCUT2D eigenvalue weighted by Crippen LogP contribution is -2.36. The normalized spacial score (nSPS) is 19.1. The van der Waals surface area contributed by atoms with Crippen molar-refractivity contribution >= 4 is 83.1 Å². The quantitative estimate of drug-likeness (QED) is 0.0523. The summed E-state index contributed by atoms with van der Waals surface area (Å²) in [6.45, 7) is 2.18. The van der Waals surface area contributed by atoms with Crippen molar-refractivity contribution in [3.8, 4) is 5.75 Å². The van der Waals surface area contributed by atoms with E-state index in [0.29, 0.717) is 37.9 Å². The first kappa shape index (κ1) is 35.9. The zero-order valence-electron chi connectivity index (χ0n) is 27.6. The van der Waals surface area contributed by atoms with Crippen LogP contribution in [0.5, 0.6) is 5.75 Å². The molecule has 3 heterocycles. The van der Waals surface area contributed by atoms with Gasteiger partial charge < -0.3 is 35.7 Å². The topological polar surface area (TPSA) is 117 Å². The molecule has 9 nitrogen and oxygen atoms in total. The molecule has 2 aliphatic rings. The van der Waals surface area contributed by atoms with E-state index in [1.165, 1.54) is 0 Å². The number of unbranched alkanes of at least 4 members (excludes halogenated alkanes) is 4. The molecule has 4 unspecified atom stereocenters. The Balaban J connectivity index is 0.832. The third-order valence-corrected chi connectivity index (χ3v) is 11.8. The van der Waals surface area contributed by atoms with E-state index in [1.807, 2.05) is 48.2 Å². The lowest BCUT2D eigenvalue weighted by molar-refractivity contribution is -0.121. The number of hydrogen-bond donors (Lipinski definition) is 5. The molecule has 1 aromatic heterocycles. The molecule has 0 saturated carbocycles. The van der Waals surface area contributed by atoms with Crippen molar-refractivity contribution in [2.75, 3.05) is 30.8 Å². The predicted molar refractivity (Wildman–Crippen MR) is 207 cm³/mol. The zero-order valence-corrected chi connectivity index (χ0v) is 31.5. The van der Waals surface area contributed by atoms with Crippen molar-refractivity contribution in [2.24, 2.45) is 0 Å². The number of hydrogen-bond acceptors (Lipinski definition) is 6. The number of ether oxygens (including phenoxy) is 1. The van der Waals surface area contributed by atoms with Crippen molar-refractivity contribution in [1.82, 2.24) is 20.5 Å². The summed E-state index contributed by atoms with van der Waals surface area (Å²) >= 11 is 9.14. The minimum absolute atomic E-state index is 0.0354. The molecule has 0 radical (unpaired) electrons. The van der Waals surface area contributed by atoms with E-state index in [-0.39, 0.29) is 24.0 Å². The van der Waals surface area contributed by atoms with E-state index in [4.69, 9.17) is 4.74 Å². The minimum atomic E-state index is -0.596. The summed E-state index contributed by atoms with van der Waals surface area (Å²) in [6.07, 6.45) is 6.91. The van der Waals surface area contributed by atoms with Gasteiger partial charge in [-0.25, -0.2) is 4.79 Å². The van der Waals surface area contributed by atoms with Gasteiger partial charge >= 0.3 is 6.03 Å². The van der Waals surface area contributed by atoms with Gasteiger partial charge in [-0.05, 0) is 80.6 Å². The number of aliphatic hydroxyl groups excluding tert-OH is 1. The molecule has 6 rings (SSSR count). The Morgan fingerprint density at radius 2 is 1.71 bits per heavy atom. The first-order valence-corrected chi connectivity index (χ1v) is 19.9. The molecule has 2 aliphatic heterocycles. The maximum Gasteiger partial charge on any atom is 0.315 e. The van der Waals surface area contributed by atoms with E-state index in [9.17, 15) is 14.7 Å². The zero-order chi connectivity index (χ0) is 34.2. The van der Waals surface area contributed by atoms with Crippen molar-refractivity contribution in [3.63, 3.8) is 0 Å². The second-order valence-electron chi connectivity index (χ2n) is 13.0. The third kappa shape index (κ3) is 9.65. The largest absolute Gasteiger partial charge is 0.494 e. The fraction of sp³-hybridized carbons (Fsp3) is 0.459. The molecule has 2 fully saturated rings. The Morgan fingerprint density at radius 1 is 0.959 bits per heavy atom. The summed E-state index contributed by atoms with van der Waals surface area (Å²) < 4.78 is 10.2. The maximum absolute atomic E-state index is 12.2. The van der Waals surface area contributed by atoms with Gasteiger partial charge in [0.2, 0.25) is 5.91 Å². The van der Waals surface area contributed by atoms with Gasteiger partial charge in [0.15, 0.2) is 0 Å². The number of amides is 3. The summed E-state index contributed by atoms with van der Waals surface area (Å²) in [5.41, 5.74) is 3.08. The number of fused-ring (bicyclic) bond motifs is 4. The Hall–Kier alpha value is -2.93. The van der Waals surface area contributed by atoms with E-state index in [1.54, 1.807) is 0 Å². The molecule has 3 aromatic carbocycles. The molecule has 3 amide bonds. The van der Waals surface area contributed by atoms with Gasteiger partial charge in [0.25, 0.3) is 0 Å². The molecular weight excluding hydrogens is 770 g/mol. The fourth-order valence-corrected chi connectivity index (χ4v) is 9.08. The maximum atomic E-state index is 12.2. The number of carbonyl (C=O) groups is 2. The van der Waals surface area contributed by atoms with E-state index in [2.05, 4.69) is 82.0 Å². The van der Waals surface area contributed by atoms with Crippen molar-refractivity contribution < 1.29 is 19.4 Å². The summed E-state index contributed by atoms with van der Waals surface area (Å²) in [6, 6.07) is 20.9. The number of carbonyl (C=O) groups excluding carboxylic acids is 2. The van der Waals surface area contributed by atoms with Crippen LogP contribution < -0.4 is 26.0 Å². The van der Waals surface area contributed by atoms with Crippen LogP contribution in [-0.2, 0) is 11.3 Å². The fourth-order valence-electron chi connectivity index (χ4n) is 6.81. The number of aromatic nitrogens is 1. The molecule has 0 aliphatic carbocycles. The van der Waals surface area contributed by atoms with E-state index < -0.39 is 6.10 Å². The lowest BCUT2D eigenvalue weighted by atomic mass is 10.0. The van der Waals surface area contributed by atoms with Crippen molar-refractivity contribution in [3.05, 3.63) is 69.6 Å². The summed E-state index contributed by atoms with van der Waals surface area (Å²) in [5, 5.41) is 26.2. The highest BCUT2D eigenvalue weighted by Gasteiger charge is 2.42. The van der Waals surface area contributed by atoms with Crippen LogP contribution in [0, 0.1) is 0 Å². The van der Waals surface area contributed by atoms with Crippen LogP contribution in [0.1, 0.15) is 51.4 Å². The average molecular weight is 816 g/mol. The molecule has 5 N–H and O–H groups in total. The molecule has 4 aromatic rings. The van der Waals surface area contributed by atoms with Crippen LogP contribution in [0.25, 0.3) is 21.8 Å². The molecular formula is C37H45Br2N5O4S. The first-order chi connectivity index (χ1) is 23.8. The van der Waals surface area contributed by atoms with Gasteiger partial charge in [0.05, 0.1) is 31.3 Å². The Bertz CT molecular complexity index is 1690. The van der Waals surface area contributed by atoms with Gasteiger partial charge in [-0.2, -0.15) is 11.8 Å². The monoisotopic (exact) mass is 813 g/mol. The third-order valence-electron chi connectivity index (χ3n) is 9.30. The average Bonchev–Trinajstić information content (AvgIpc) is 3.73. The molecule has 49 heavy (non-hydrogen) atoms. The van der Waals surface area contributed by atoms with Crippen LogP contribution in [0.3, 0.4) is 0 Å². The standard InChI is InChI=1S/C37H45Br2N5O4S/c38-24-12-14-32-29(18-24)30-19-25(39)13-15-33(30)44(32)22-27(45)21-41-26-8-7-9-28(20-26)48-17-6-2-5-16-40-35(46)11-4-1-3-10-34-36-31(23-49-34)42-37(47)43-36/h7-9,12-15,18-20,27,31,34,36,41,45H,1-6,10-11,16-17,21-23H2,(H,40,46)(H2,42,43,47). The van der Waals surface area contributed by atoms with Crippen molar-refractivity contribution in [1.29, 1.82) is 0 Å². The Kier molecular flexibility index (Phi) is 12.7. The number of thioether (sulfide) groups is 1. The Morgan fingerprint density at radius 3 is 2.49 bits per heavy atom. The first-order valence-electron chi connectivity index (χ1n) is 17.3. The predicted octanol–water partition coefficient (Wildman–Crippen LogP) is 7.57. The number of nitrogens with one attached hydrogen (secondary N) is 4. The number of rotatable bonds is 18. The summed E-state index contributed by atoms with van der Waals surface area (Å²) in [5.74, 6) is 1.91. The number of aliphatic hydroxyl groups is 1. The minimum Gasteiger partial charge on any atom is -0.494 e. The van der Waals surface area contributed by atoms with Gasteiger partial charge in [-0.1, -0.05) is 50.8 Å². The number of halogens is 2. The van der Waals surface area contributed by atoms with E-state index in [0.717, 1.165) is 92.9 Å². The van der Waals surface area contributed by atoms with Crippen LogP contribution in [0.15, 0.2) is 69.6 Å². The highest BCUT2D eigenvalue weighted by atomic mass is 79.9. The lowest BCUT2D eigenvalue weighted by Gasteiger charge is -2.16. The highest BCUT2D eigenvalue weighted by Crippen LogP contribution is 2.34. The van der Waals surface area contributed by atoms with Gasteiger partial charge in [0.1, 0.15) is 5.75 Å². The van der Waals surface area contributed by atoms with Crippen molar-refractivity contribution in [2.45, 2.75) is 81.3 Å². The smallest absolute Gasteiger partial charge is 0.315 e. The molecule has 262 valence electrons.